The molecular formula is C35H38O6. The van der Waals surface area contributed by atoms with E-state index in [0.29, 0.717) is 13.2 Å². The van der Waals surface area contributed by atoms with Crippen LogP contribution in [0, 0.1) is 0 Å². The molecule has 0 spiro atoms. The lowest BCUT2D eigenvalue weighted by Crippen LogP contribution is -2.66. The van der Waals surface area contributed by atoms with Gasteiger partial charge in [0, 0.05) is 6.42 Å². The molecule has 0 aliphatic heterocycles. The fraction of sp³-hybridized carbons (Fsp3) is 0.314. The molecule has 4 aromatic carbocycles. The second-order valence-electron chi connectivity index (χ2n) is 10.6. The summed E-state index contributed by atoms with van der Waals surface area (Å²) in [4.78, 5) is 0. The van der Waals surface area contributed by atoms with Crippen molar-refractivity contribution in [3.63, 3.8) is 0 Å². The molecule has 1 fully saturated rings. The SMILES string of the molecule is O[C@H]1C[C@](O)(COCc2ccccc2)[C@H](OCc2ccccc2)[C@H](OCc2ccccc2)[C@H]1OCc1ccccc1. The highest BCUT2D eigenvalue weighted by Crippen LogP contribution is 2.37. The smallest absolute Gasteiger partial charge is 0.119 e. The van der Waals surface area contributed by atoms with Gasteiger partial charge in [0.05, 0.1) is 39.1 Å². The summed E-state index contributed by atoms with van der Waals surface area (Å²) in [5, 5.41) is 23.5. The monoisotopic (exact) mass is 554 g/mol. The summed E-state index contributed by atoms with van der Waals surface area (Å²) in [6.45, 7) is 1.13. The van der Waals surface area contributed by atoms with Crippen LogP contribution in [0.1, 0.15) is 28.7 Å². The van der Waals surface area contributed by atoms with E-state index in [9.17, 15) is 10.2 Å². The molecule has 0 radical (unpaired) electrons. The third kappa shape index (κ3) is 8.11. The Bertz CT molecular complexity index is 1290. The van der Waals surface area contributed by atoms with Gasteiger partial charge in [0.1, 0.15) is 23.9 Å². The van der Waals surface area contributed by atoms with Crippen LogP contribution in [-0.2, 0) is 45.4 Å². The minimum atomic E-state index is -1.52. The molecule has 5 rings (SSSR count). The van der Waals surface area contributed by atoms with E-state index in [0.717, 1.165) is 22.3 Å². The Kier molecular flexibility index (Phi) is 10.3. The predicted molar refractivity (Wildman–Crippen MR) is 157 cm³/mol. The van der Waals surface area contributed by atoms with E-state index in [1.54, 1.807) is 0 Å². The van der Waals surface area contributed by atoms with Crippen molar-refractivity contribution in [1.29, 1.82) is 0 Å². The largest absolute Gasteiger partial charge is 0.390 e. The molecule has 2 N–H and O–H groups in total. The predicted octanol–water partition coefficient (Wildman–Crippen LogP) is 5.46. The molecule has 0 aromatic heterocycles. The Hall–Kier alpha value is -3.36. The first-order valence-electron chi connectivity index (χ1n) is 14.1. The van der Waals surface area contributed by atoms with Gasteiger partial charge < -0.3 is 29.2 Å². The molecule has 4 aromatic rings. The lowest BCUT2D eigenvalue weighted by molar-refractivity contribution is -0.272. The van der Waals surface area contributed by atoms with Gasteiger partial charge in [-0.1, -0.05) is 121 Å². The van der Waals surface area contributed by atoms with Crippen LogP contribution < -0.4 is 0 Å². The van der Waals surface area contributed by atoms with Crippen molar-refractivity contribution in [2.24, 2.45) is 0 Å². The zero-order chi connectivity index (χ0) is 28.3. The summed E-state index contributed by atoms with van der Waals surface area (Å²) in [5.41, 5.74) is 2.40. The van der Waals surface area contributed by atoms with E-state index in [1.165, 1.54) is 0 Å². The first-order valence-corrected chi connectivity index (χ1v) is 14.1. The van der Waals surface area contributed by atoms with Crippen LogP contribution in [0.15, 0.2) is 121 Å². The zero-order valence-corrected chi connectivity index (χ0v) is 23.1. The van der Waals surface area contributed by atoms with Crippen molar-refractivity contribution in [3.05, 3.63) is 144 Å². The summed E-state index contributed by atoms with van der Waals surface area (Å²) in [6.07, 6.45) is -3.30. The van der Waals surface area contributed by atoms with Crippen LogP contribution in [0.4, 0.5) is 0 Å². The number of hydrogen-bond acceptors (Lipinski definition) is 6. The number of aliphatic hydroxyl groups excluding tert-OH is 1. The van der Waals surface area contributed by atoms with Crippen LogP contribution in [0.5, 0.6) is 0 Å². The highest BCUT2D eigenvalue weighted by atomic mass is 16.6. The molecule has 6 nitrogen and oxygen atoms in total. The van der Waals surface area contributed by atoms with Crippen LogP contribution in [0.25, 0.3) is 0 Å². The van der Waals surface area contributed by atoms with Crippen molar-refractivity contribution < 1.29 is 29.2 Å². The first kappa shape index (κ1) is 29.1. The highest BCUT2D eigenvalue weighted by molar-refractivity contribution is 5.17. The third-order valence-electron chi connectivity index (χ3n) is 7.40. The Morgan fingerprint density at radius 3 is 1.39 bits per heavy atom. The van der Waals surface area contributed by atoms with Gasteiger partial charge in [0.15, 0.2) is 0 Å². The lowest BCUT2D eigenvalue weighted by atomic mass is 9.77. The Balaban J connectivity index is 1.40. The summed E-state index contributed by atoms with van der Waals surface area (Å²) in [5.74, 6) is 0. The molecule has 1 aliphatic rings. The molecular weight excluding hydrogens is 516 g/mol. The van der Waals surface area contributed by atoms with Crippen LogP contribution in [0.2, 0.25) is 0 Å². The standard InChI is InChI=1S/C35H38O6/c36-31-21-35(37,26-38-22-27-13-5-1-6-14-27)34(41-25-30-19-11-4-12-20-30)33(40-24-29-17-9-3-10-18-29)32(31)39-23-28-15-7-2-8-16-28/h1-20,31-34,36-37H,21-26H2/t31-,32-,33+,34+,35-/m0/s1. The summed E-state index contributed by atoms with van der Waals surface area (Å²) < 4.78 is 25.3. The summed E-state index contributed by atoms with van der Waals surface area (Å²) in [6, 6.07) is 39.2. The van der Waals surface area contributed by atoms with Crippen molar-refractivity contribution in [1.82, 2.24) is 0 Å². The van der Waals surface area contributed by atoms with Crippen molar-refractivity contribution in [3.8, 4) is 0 Å². The first-order chi connectivity index (χ1) is 20.1. The molecule has 1 aliphatic carbocycles. The van der Waals surface area contributed by atoms with Gasteiger partial charge in [-0.25, -0.2) is 0 Å². The molecule has 0 amide bonds. The van der Waals surface area contributed by atoms with Crippen molar-refractivity contribution in [2.45, 2.75) is 62.9 Å². The van der Waals surface area contributed by atoms with Crippen LogP contribution in [0.3, 0.4) is 0 Å². The van der Waals surface area contributed by atoms with Gasteiger partial charge in [-0.05, 0) is 22.3 Å². The van der Waals surface area contributed by atoms with Gasteiger partial charge >= 0.3 is 0 Å². The Morgan fingerprint density at radius 2 is 0.927 bits per heavy atom. The second kappa shape index (κ2) is 14.5. The number of rotatable bonds is 13. The topological polar surface area (TPSA) is 77.4 Å². The second-order valence-corrected chi connectivity index (χ2v) is 10.6. The number of ether oxygens (including phenoxy) is 4. The average molecular weight is 555 g/mol. The molecule has 0 heterocycles. The number of benzene rings is 4. The fourth-order valence-electron chi connectivity index (χ4n) is 5.28. The van der Waals surface area contributed by atoms with Crippen LogP contribution >= 0.6 is 0 Å². The van der Waals surface area contributed by atoms with Gasteiger partial charge in [0.2, 0.25) is 0 Å². The summed E-state index contributed by atoms with van der Waals surface area (Å²) >= 11 is 0. The lowest BCUT2D eigenvalue weighted by Gasteiger charge is -2.49. The van der Waals surface area contributed by atoms with Gasteiger partial charge in [-0.2, -0.15) is 0 Å². The van der Waals surface area contributed by atoms with E-state index < -0.39 is 30.0 Å². The van der Waals surface area contributed by atoms with E-state index in [4.69, 9.17) is 18.9 Å². The molecule has 6 heteroatoms. The minimum Gasteiger partial charge on any atom is -0.390 e. The van der Waals surface area contributed by atoms with E-state index in [2.05, 4.69) is 0 Å². The van der Waals surface area contributed by atoms with Crippen molar-refractivity contribution >= 4 is 0 Å². The van der Waals surface area contributed by atoms with E-state index in [-0.39, 0.29) is 26.2 Å². The van der Waals surface area contributed by atoms with Gasteiger partial charge in [-0.3, -0.25) is 0 Å². The fourth-order valence-corrected chi connectivity index (χ4v) is 5.28. The van der Waals surface area contributed by atoms with Crippen LogP contribution in [-0.4, -0.2) is 46.8 Å². The highest BCUT2D eigenvalue weighted by Gasteiger charge is 2.55. The van der Waals surface area contributed by atoms with Gasteiger partial charge in [0.25, 0.3) is 0 Å². The molecule has 214 valence electrons. The van der Waals surface area contributed by atoms with E-state index in [1.807, 2.05) is 121 Å². The summed E-state index contributed by atoms with van der Waals surface area (Å²) in [7, 11) is 0. The third-order valence-corrected chi connectivity index (χ3v) is 7.40. The molecule has 0 saturated heterocycles. The molecule has 0 unspecified atom stereocenters. The molecule has 5 atom stereocenters. The van der Waals surface area contributed by atoms with E-state index >= 15 is 0 Å². The maximum Gasteiger partial charge on any atom is 0.119 e. The maximum absolute atomic E-state index is 12.1. The quantitative estimate of drug-likeness (QED) is 0.229. The number of aliphatic hydroxyl groups is 2. The Morgan fingerprint density at radius 1 is 0.537 bits per heavy atom. The van der Waals surface area contributed by atoms with Gasteiger partial charge in [-0.15, -0.1) is 0 Å². The maximum atomic E-state index is 12.1. The normalized spacial score (nSPS) is 24.2. The molecule has 1 saturated carbocycles. The minimum absolute atomic E-state index is 0.0197. The number of hydrogen-bond donors (Lipinski definition) is 2. The van der Waals surface area contributed by atoms with Crippen molar-refractivity contribution in [2.75, 3.05) is 6.61 Å². The molecule has 0 bridgehead atoms. The zero-order valence-electron chi connectivity index (χ0n) is 23.1. The average Bonchev–Trinajstić information content (AvgIpc) is 3.01. The molecule has 41 heavy (non-hydrogen) atoms. The Labute approximate surface area is 242 Å².